The molecule has 0 saturated carbocycles. The molecule has 0 aliphatic heterocycles. The molecule has 2 nitrogen and oxygen atoms in total. The molecule has 0 saturated heterocycles. The second kappa shape index (κ2) is 7.92. The van der Waals surface area contributed by atoms with Crippen LogP contribution in [0.4, 0.5) is 0 Å². The number of pyridine rings is 2. The Morgan fingerprint density at radius 2 is 1.53 bits per heavy atom. The molecule has 0 fully saturated rings. The molecule has 2 rings (SSSR count). The van der Waals surface area contributed by atoms with Crippen LogP contribution in [0.2, 0.25) is 0 Å². The van der Waals surface area contributed by atoms with Crippen molar-refractivity contribution in [3.63, 3.8) is 0 Å². The van der Waals surface area contributed by atoms with Crippen LogP contribution in [-0.2, 0) is 0 Å². The van der Waals surface area contributed by atoms with Gasteiger partial charge in [0.25, 0.3) is 0 Å². The maximum Gasteiger partial charge on any atom is 0.0735 e. The van der Waals surface area contributed by atoms with E-state index in [-0.39, 0.29) is 0 Å². The molecule has 2 heterocycles. The van der Waals surface area contributed by atoms with Crippen molar-refractivity contribution >= 4 is 10.9 Å². The lowest BCUT2D eigenvalue weighted by Crippen LogP contribution is -1.83. The van der Waals surface area contributed by atoms with Crippen LogP contribution in [0.5, 0.6) is 0 Å². The Kier molecular flexibility index (Phi) is 7.16. The topological polar surface area (TPSA) is 25.8 Å². The highest BCUT2D eigenvalue weighted by atomic mass is 14.7. The zero-order valence-electron chi connectivity index (χ0n) is 10.3. The van der Waals surface area contributed by atoms with Crippen LogP contribution in [0.3, 0.4) is 0 Å². The summed E-state index contributed by atoms with van der Waals surface area (Å²) in [5.41, 5.74) is 2.05. The Hall–Kier alpha value is -1.44. The van der Waals surface area contributed by atoms with E-state index in [2.05, 4.69) is 9.97 Å². The predicted molar refractivity (Wildman–Crippen MR) is 67.0 cm³/mol. The summed E-state index contributed by atoms with van der Waals surface area (Å²) in [6, 6.07) is 5.88. The minimum Gasteiger partial charge on any atom is -0.261 e. The number of fused-ring (bicyclic) bond motifs is 1. The van der Waals surface area contributed by atoms with Gasteiger partial charge in [-0.05, 0) is 25.1 Å². The van der Waals surface area contributed by atoms with Crippen molar-refractivity contribution < 1.29 is 0 Å². The molecule has 0 unspecified atom stereocenters. The first-order valence-electron chi connectivity index (χ1n) is 5.54. The van der Waals surface area contributed by atoms with Crippen molar-refractivity contribution in [2.75, 3.05) is 0 Å². The third kappa shape index (κ3) is 3.66. The molecule has 0 radical (unpaired) electrons. The number of nitrogens with zero attached hydrogens (tertiary/aromatic N) is 2. The van der Waals surface area contributed by atoms with Gasteiger partial charge in [-0.1, -0.05) is 27.7 Å². The van der Waals surface area contributed by atoms with Gasteiger partial charge in [-0.25, -0.2) is 0 Å². The van der Waals surface area contributed by atoms with Gasteiger partial charge in [-0.2, -0.15) is 0 Å². The number of rotatable bonds is 0. The molecule has 0 atom stereocenters. The summed E-state index contributed by atoms with van der Waals surface area (Å²) in [5.74, 6) is 0. The molecule has 0 bridgehead atoms. The number of aryl methyl sites for hydroxylation is 1. The molecule has 0 aliphatic rings. The first-order valence-corrected chi connectivity index (χ1v) is 5.54. The van der Waals surface area contributed by atoms with E-state index in [1.165, 1.54) is 0 Å². The summed E-state index contributed by atoms with van der Waals surface area (Å²) in [5, 5.41) is 1.13. The van der Waals surface area contributed by atoms with Crippen LogP contribution in [-0.4, -0.2) is 9.97 Å². The van der Waals surface area contributed by atoms with E-state index >= 15 is 0 Å². The summed E-state index contributed by atoms with van der Waals surface area (Å²) < 4.78 is 0. The van der Waals surface area contributed by atoms with E-state index in [0.29, 0.717) is 0 Å². The maximum absolute atomic E-state index is 4.20. The molecule has 15 heavy (non-hydrogen) atoms. The Bertz CT molecular complexity index is 378. The van der Waals surface area contributed by atoms with Gasteiger partial charge < -0.3 is 0 Å². The first-order chi connectivity index (χ1) is 7.38. The van der Waals surface area contributed by atoms with Gasteiger partial charge in [0.05, 0.1) is 5.52 Å². The molecule has 0 amide bonds. The van der Waals surface area contributed by atoms with E-state index in [1.54, 1.807) is 12.4 Å². The second-order valence-corrected chi connectivity index (χ2v) is 2.47. The fourth-order valence-corrected chi connectivity index (χ4v) is 1.15. The molecule has 0 aromatic carbocycles. The Morgan fingerprint density at radius 3 is 2.13 bits per heavy atom. The van der Waals surface area contributed by atoms with Crippen LogP contribution < -0.4 is 0 Å². The molecule has 82 valence electrons. The third-order valence-corrected chi connectivity index (χ3v) is 1.73. The fraction of sp³-hybridized carbons (Fsp3) is 0.385. The first kappa shape index (κ1) is 13.6. The van der Waals surface area contributed by atoms with Crippen molar-refractivity contribution in [1.29, 1.82) is 0 Å². The molecule has 0 aliphatic carbocycles. The van der Waals surface area contributed by atoms with Crippen LogP contribution in [0, 0.1) is 6.92 Å². The smallest absolute Gasteiger partial charge is 0.0735 e. The highest BCUT2D eigenvalue weighted by molar-refractivity contribution is 5.79. The van der Waals surface area contributed by atoms with Crippen LogP contribution >= 0.6 is 0 Å². The standard InChI is InChI=1S/C9H8N2.2C2H6/c1-7-8-3-2-5-11-9(8)4-6-10-7;2*1-2/h2-6H,1H3;2*1-2H3. The molecule has 0 spiro atoms. The lowest BCUT2D eigenvalue weighted by molar-refractivity contribution is 1.22. The van der Waals surface area contributed by atoms with Crippen molar-refractivity contribution in [3.05, 3.63) is 36.3 Å². The molecule has 2 heteroatoms. The van der Waals surface area contributed by atoms with Gasteiger partial charge in [0.1, 0.15) is 0 Å². The van der Waals surface area contributed by atoms with E-state index < -0.39 is 0 Å². The van der Waals surface area contributed by atoms with Crippen molar-refractivity contribution in [2.24, 2.45) is 0 Å². The van der Waals surface area contributed by atoms with Crippen molar-refractivity contribution in [3.8, 4) is 0 Å². The predicted octanol–water partition coefficient (Wildman–Crippen LogP) is 3.99. The van der Waals surface area contributed by atoms with Crippen LogP contribution in [0.25, 0.3) is 10.9 Å². The average molecular weight is 204 g/mol. The van der Waals surface area contributed by atoms with Gasteiger partial charge in [-0.3, -0.25) is 9.97 Å². The fourth-order valence-electron chi connectivity index (χ4n) is 1.15. The van der Waals surface area contributed by atoms with Gasteiger partial charge in [-0.15, -0.1) is 0 Å². The lowest BCUT2D eigenvalue weighted by atomic mass is 10.2. The normalized spacial score (nSPS) is 8.33. The maximum atomic E-state index is 4.20. The monoisotopic (exact) mass is 204 g/mol. The van der Waals surface area contributed by atoms with Crippen molar-refractivity contribution in [1.82, 2.24) is 9.97 Å². The number of hydrogen-bond acceptors (Lipinski definition) is 2. The lowest BCUT2D eigenvalue weighted by Gasteiger charge is -1.97. The zero-order chi connectivity index (χ0) is 11.7. The molecule has 2 aromatic rings. The minimum absolute atomic E-state index is 1.01. The largest absolute Gasteiger partial charge is 0.261 e. The van der Waals surface area contributed by atoms with E-state index in [1.807, 2.05) is 52.8 Å². The Balaban J connectivity index is 0.000000442. The van der Waals surface area contributed by atoms with E-state index in [9.17, 15) is 0 Å². The zero-order valence-corrected chi connectivity index (χ0v) is 10.3. The third-order valence-electron chi connectivity index (χ3n) is 1.73. The highest BCUT2D eigenvalue weighted by Crippen LogP contribution is 2.11. The van der Waals surface area contributed by atoms with Crippen LogP contribution in [0.15, 0.2) is 30.6 Å². The molecular weight excluding hydrogens is 184 g/mol. The summed E-state index contributed by atoms with van der Waals surface area (Å²) in [4.78, 5) is 8.37. The SMILES string of the molecule is CC.CC.Cc1nccc2ncccc12. The van der Waals surface area contributed by atoms with E-state index in [0.717, 1.165) is 16.6 Å². The summed E-state index contributed by atoms with van der Waals surface area (Å²) >= 11 is 0. The van der Waals surface area contributed by atoms with Gasteiger partial charge in [0.15, 0.2) is 0 Å². The summed E-state index contributed by atoms with van der Waals surface area (Å²) in [7, 11) is 0. The summed E-state index contributed by atoms with van der Waals surface area (Å²) in [6.07, 6.45) is 3.58. The van der Waals surface area contributed by atoms with Crippen molar-refractivity contribution in [2.45, 2.75) is 34.6 Å². The minimum atomic E-state index is 1.01. The second-order valence-electron chi connectivity index (χ2n) is 2.47. The average Bonchev–Trinajstić information content (AvgIpc) is 2.35. The Morgan fingerprint density at radius 1 is 0.867 bits per heavy atom. The van der Waals surface area contributed by atoms with Crippen LogP contribution in [0.1, 0.15) is 33.4 Å². The highest BCUT2D eigenvalue weighted by Gasteiger charge is 1.94. The van der Waals surface area contributed by atoms with Gasteiger partial charge in [0, 0.05) is 23.5 Å². The number of aromatic nitrogens is 2. The van der Waals surface area contributed by atoms with Gasteiger partial charge >= 0.3 is 0 Å². The molecule has 0 N–H and O–H groups in total. The quantitative estimate of drug-likeness (QED) is 0.648. The molecule has 2 aromatic heterocycles. The van der Waals surface area contributed by atoms with E-state index in [4.69, 9.17) is 0 Å². The molecular formula is C13H20N2. The Labute approximate surface area is 92.4 Å². The summed E-state index contributed by atoms with van der Waals surface area (Å²) in [6.45, 7) is 9.99. The van der Waals surface area contributed by atoms with Gasteiger partial charge in [0.2, 0.25) is 0 Å². The number of hydrogen-bond donors (Lipinski definition) is 0.